The Labute approximate surface area is 256 Å². The molecule has 44 heavy (non-hydrogen) atoms. The Morgan fingerprint density at radius 2 is 1.77 bits per heavy atom. The van der Waals surface area contributed by atoms with Gasteiger partial charge in [0.2, 0.25) is 11.7 Å². The summed E-state index contributed by atoms with van der Waals surface area (Å²) in [6, 6.07) is 5.21. The Morgan fingerprint density at radius 3 is 2.34 bits per heavy atom. The summed E-state index contributed by atoms with van der Waals surface area (Å²) in [4.78, 5) is 38.6. The number of nitrogens with zero attached hydrogens (tertiary/aromatic N) is 4. The lowest BCUT2D eigenvalue weighted by atomic mass is 9.80. The second-order valence-corrected chi connectivity index (χ2v) is 13.3. The maximum atomic E-state index is 13.2. The Balaban J connectivity index is 1.36. The van der Waals surface area contributed by atoms with Crippen LogP contribution in [0.2, 0.25) is 0 Å². The van der Waals surface area contributed by atoms with Gasteiger partial charge in [-0.15, -0.1) is 11.3 Å². The molecular weight excluding hydrogens is 599 g/mol. The molecule has 0 saturated carbocycles. The maximum Gasteiger partial charge on any atom is 0.451 e. The Morgan fingerprint density at radius 1 is 1.11 bits per heavy atom. The van der Waals surface area contributed by atoms with E-state index in [1.165, 1.54) is 16.2 Å². The molecule has 1 aromatic carbocycles. The van der Waals surface area contributed by atoms with Gasteiger partial charge in [0, 0.05) is 65.9 Å². The molecule has 4 heterocycles. The van der Waals surface area contributed by atoms with Gasteiger partial charge in [-0.1, -0.05) is 13.8 Å². The summed E-state index contributed by atoms with van der Waals surface area (Å²) in [5, 5.41) is 13.2. The monoisotopic (exact) mass is 633 g/mol. The molecule has 14 heteroatoms. The van der Waals surface area contributed by atoms with E-state index in [9.17, 15) is 27.9 Å². The lowest BCUT2D eigenvalue weighted by Gasteiger charge is -2.45. The van der Waals surface area contributed by atoms with Gasteiger partial charge in [-0.3, -0.25) is 4.79 Å². The molecule has 2 amide bonds. The number of ether oxygens (including phenoxy) is 2. The zero-order chi connectivity index (χ0) is 31.8. The van der Waals surface area contributed by atoms with Crippen LogP contribution in [0.15, 0.2) is 36.8 Å². The number of carbonyl (C=O) groups is 2. The zero-order valence-electron chi connectivity index (χ0n) is 24.7. The van der Waals surface area contributed by atoms with E-state index in [0.717, 1.165) is 33.4 Å². The van der Waals surface area contributed by atoms with E-state index in [-0.39, 0.29) is 30.3 Å². The lowest BCUT2D eigenvalue weighted by molar-refractivity contribution is -0.145. The van der Waals surface area contributed by atoms with Crippen LogP contribution in [0, 0.1) is 18.8 Å². The standard InChI is InChI=1S/C30H34F3N5O5S/c1-16-9-34-26(44-16)18-5-22(7-23(6-18)43-25-20-12-38(28(40)41)13-21(25)15-42-14-20)29(3,4)8-24(39)37-17(2)19-10-35-27(36-11-19)30(31,32)33/h5-7,9-11,17,20-21,25H,8,12-15H2,1-4H3,(H,37,39)(H,40,41)/t17-,20?,21?,25?/m1/s1. The summed E-state index contributed by atoms with van der Waals surface area (Å²) in [6.07, 6.45) is -1.84. The van der Waals surface area contributed by atoms with Crippen molar-refractivity contribution in [1.82, 2.24) is 25.2 Å². The van der Waals surface area contributed by atoms with Gasteiger partial charge in [-0.25, -0.2) is 19.7 Å². The molecule has 2 N–H and O–H groups in total. The largest absolute Gasteiger partial charge is 0.489 e. The van der Waals surface area contributed by atoms with Gasteiger partial charge in [0.25, 0.3) is 0 Å². The van der Waals surface area contributed by atoms with E-state index in [2.05, 4.69) is 20.3 Å². The number of benzene rings is 1. The molecule has 3 atom stereocenters. The molecule has 0 radical (unpaired) electrons. The first-order valence-corrected chi connectivity index (χ1v) is 15.0. The number of fused-ring (bicyclic) bond motifs is 2. The summed E-state index contributed by atoms with van der Waals surface area (Å²) in [6.45, 7) is 8.94. The van der Waals surface area contributed by atoms with E-state index in [1.54, 1.807) is 13.1 Å². The molecule has 0 aliphatic carbocycles. The van der Waals surface area contributed by atoms with Crippen molar-refractivity contribution in [2.24, 2.45) is 11.8 Å². The molecule has 3 aromatic rings. The van der Waals surface area contributed by atoms with Crippen LogP contribution in [0.4, 0.5) is 18.0 Å². The second kappa shape index (κ2) is 12.3. The van der Waals surface area contributed by atoms with E-state index < -0.39 is 29.6 Å². The van der Waals surface area contributed by atoms with Crippen molar-refractivity contribution in [3.8, 4) is 16.3 Å². The van der Waals surface area contributed by atoms with Crippen LogP contribution in [-0.4, -0.2) is 69.4 Å². The first kappa shape index (κ1) is 31.6. The molecule has 2 fully saturated rings. The van der Waals surface area contributed by atoms with Crippen LogP contribution in [-0.2, 0) is 21.1 Å². The summed E-state index contributed by atoms with van der Waals surface area (Å²) < 4.78 is 50.9. The van der Waals surface area contributed by atoms with E-state index in [0.29, 0.717) is 37.6 Å². The molecule has 2 aromatic heterocycles. The number of amides is 2. The maximum absolute atomic E-state index is 13.2. The number of nitrogens with one attached hydrogen (secondary N) is 1. The van der Waals surface area contributed by atoms with Crippen LogP contribution in [0.5, 0.6) is 5.75 Å². The summed E-state index contributed by atoms with van der Waals surface area (Å²) in [5.41, 5.74) is 1.35. The average molecular weight is 634 g/mol. The molecule has 2 aliphatic rings. The fourth-order valence-electron chi connectivity index (χ4n) is 5.66. The first-order chi connectivity index (χ1) is 20.7. The van der Waals surface area contributed by atoms with Gasteiger partial charge in [-0.2, -0.15) is 13.2 Å². The number of carboxylic acid groups (broad SMARTS) is 1. The Hall–Kier alpha value is -3.78. The van der Waals surface area contributed by atoms with Gasteiger partial charge in [0.15, 0.2) is 0 Å². The minimum atomic E-state index is -4.65. The van der Waals surface area contributed by atoms with E-state index in [1.807, 2.05) is 39.0 Å². The second-order valence-electron chi connectivity index (χ2n) is 12.0. The summed E-state index contributed by atoms with van der Waals surface area (Å²) in [7, 11) is 0. The predicted molar refractivity (Wildman–Crippen MR) is 155 cm³/mol. The van der Waals surface area contributed by atoms with Crippen LogP contribution in [0.25, 0.3) is 10.6 Å². The van der Waals surface area contributed by atoms with Crippen LogP contribution in [0.3, 0.4) is 0 Å². The van der Waals surface area contributed by atoms with Crippen LogP contribution < -0.4 is 10.1 Å². The summed E-state index contributed by atoms with van der Waals surface area (Å²) >= 11 is 1.54. The molecule has 2 saturated heterocycles. The van der Waals surface area contributed by atoms with Crippen LogP contribution in [0.1, 0.15) is 55.1 Å². The molecule has 236 valence electrons. The van der Waals surface area contributed by atoms with Crippen molar-refractivity contribution in [1.29, 1.82) is 0 Å². The minimum absolute atomic E-state index is 0.0781. The Kier molecular flexibility index (Phi) is 8.85. The SMILES string of the molecule is Cc1cnc(-c2cc(OC3C4COCC3CN(C(=O)O)C4)cc(C(C)(C)CC(=O)N[C@H](C)c3cnc(C(F)(F)F)nc3)c2)s1. The molecular formula is C30H34F3N5O5S. The Bertz CT molecular complexity index is 1500. The fourth-order valence-corrected chi connectivity index (χ4v) is 6.41. The number of hydrogen-bond acceptors (Lipinski definition) is 8. The smallest absolute Gasteiger partial charge is 0.451 e. The molecule has 5 rings (SSSR count). The van der Waals surface area contributed by atoms with E-state index >= 15 is 0 Å². The van der Waals surface area contributed by atoms with Gasteiger partial charge in [-0.05, 0) is 43.0 Å². The molecule has 0 spiro atoms. The third-order valence-corrected chi connectivity index (χ3v) is 8.97. The molecule has 2 bridgehead atoms. The third kappa shape index (κ3) is 7.12. The number of carbonyl (C=O) groups excluding carboxylic acids is 1. The average Bonchev–Trinajstić information content (AvgIpc) is 3.38. The molecule has 10 nitrogen and oxygen atoms in total. The number of rotatable bonds is 8. The highest BCUT2D eigenvalue weighted by Gasteiger charge is 2.43. The highest BCUT2D eigenvalue weighted by Crippen LogP contribution is 2.38. The summed E-state index contributed by atoms with van der Waals surface area (Å²) in [5.74, 6) is -1.18. The van der Waals surface area contributed by atoms with Gasteiger partial charge < -0.3 is 24.8 Å². The quantitative estimate of drug-likeness (QED) is 0.334. The van der Waals surface area contributed by atoms with Crippen molar-refractivity contribution >= 4 is 23.3 Å². The number of aromatic nitrogens is 3. The van der Waals surface area contributed by atoms with Crippen molar-refractivity contribution in [3.63, 3.8) is 0 Å². The van der Waals surface area contributed by atoms with Crippen molar-refractivity contribution in [2.75, 3.05) is 26.3 Å². The van der Waals surface area contributed by atoms with Crippen molar-refractivity contribution < 1.29 is 37.3 Å². The number of halogens is 3. The van der Waals surface area contributed by atoms with Crippen molar-refractivity contribution in [2.45, 2.75) is 57.9 Å². The molecule has 2 unspecified atom stereocenters. The number of alkyl halides is 3. The third-order valence-electron chi connectivity index (χ3n) is 8.01. The molecule has 2 aliphatic heterocycles. The number of hydrogen-bond donors (Lipinski definition) is 2. The number of likely N-dealkylation sites (tertiary alicyclic amines) is 1. The number of aryl methyl sites for hydroxylation is 1. The highest BCUT2D eigenvalue weighted by molar-refractivity contribution is 7.14. The van der Waals surface area contributed by atoms with Gasteiger partial charge in [0.1, 0.15) is 16.9 Å². The van der Waals surface area contributed by atoms with Crippen molar-refractivity contribution in [3.05, 3.63) is 58.6 Å². The van der Waals surface area contributed by atoms with Crippen LogP contribution >= 0.6 is 11.3 Å². The lowest BCUT2D eigenvalue weighted by Crippen LogP contribution is -2.58. The first-order valence-electron chi connectivity index (χ1n) is 14.2. The fraction of sp³-hybridized carbons (Fsp3) is 0.500. The van der Waals surface area contributed by atoms with Gasteiger partial charge >= 0.3 is 12.3 Å². The predicted octanol–water partition coefficient (Wildman–Crippen LogP) is 5.48. The minimum Gasteiger partial charge on any atom is -0.489 e. The van der Waals surface area contributed by atoms with Gasteiger partial charge in [0.05, 0.1) is 19.3 Å². The highest BCUT2D eigenvalue weighted by atomic mass is 32.1. The normalized spacial score (nSPS) is 21.1. The van der Waals surface area contributed by atoms with E-state index in [4.69, 9.17) is 9.47 Å². The topological polar surface area (TPSA) is 127 Å². The number of thiazole rings is 1. The zero-order valence-corrected chi connectivity index (χ0v) is 25.5. The number of piperidine rings is 1.